The molecule has 3 heterocycles. The topological polar surface area (TPSA) is 39.9 Å². The Morgan fingerprint density at radius 2 is 2.00 bits per heavy atom. The van der Waals surface area contributed by atoms with E-state index in [1.54, 1.807) is 0 Å². The number of fused-ring (bicyclic) bond motifs is 1. The molecule has 0 radical (unpaired) electrons. The summed E-state index contributed by atoms with van der Waals surface area (Å²) in [5.74, 6) is 2.19. The predicted octanol–water partition coefficient (Wildman–Crippen LogP) is 3.33. The second kappa shape index (κ2) is 6.64. The first kappa shape index (κ1) is 14.6. The summed E-state index contributed by atoms with van der Waals surface area (Å²) >= 11 is 3.99. The molecule has 0 aliphatic carbocycles. The SMILES string of the molecule is c1ccc(-c2nnc3n2CC(CSC2CCOCC2)S3)cc1. The zero-order valence-corrected chi connectivity index (χ0v) is 14.0. The van der Waals surface area contributed by atoms with E-state index >= 15 is 0 Å². The molecule has 0 N–H and O–H groups in total. The van der Waals surface area contributed by atoms with Crippen molar-refractivity contribution in [1.29, 1.82) is 0 Å². The van der Waals surface area contributed by atoms with Gasteiger partial charge in [0.2, 0.25) is 0 Å². The van der Waals surface area contributed by atoms with Gasteiger partial charge < -0.3 is 9.30 Å². The summed E-state index contributed by atoms with van der Waals surface area (Å²) in [5.41, 5.74) is 1.15. The van der Waals surface area contributed by atoms with Crippen molar-refractivity contribution in [2.24, 2.45) is 0 Å². The summed E-state index contributed by atoms with van der Waals surface area (Å²) in [6.45, 7) is 2.88. The van der Waals surface area contributed by atoms with Crippen LogP contribution in [0.5, 0.6) is 0 Å². The molecule has 0 spiro atoms. The third kappa shape index (κ3) is 3.05. The molecule has 6 heteroatoms. The normalized spacial score (nSPS) is 21.9. The van der Waals surface area contributed by atoms with Crippen molar-refractivity contribution in [3.8, 4) is 11.4 Å². The van der Waals surface area contributed by atoms with E-state index in [0.29, 0.717) is 5.25 Å². The highest BCUT2D eigenvalue weighted by Crippen LogP contribution is 2.37. The maximum atomic E-state index is 5.43. The van der Waals surface area contributed by atoms with Crippen LogP contribution in [0.1, 0.15) is 12.8 Å². The van der Waals surface area contributed by atoms with Crippen LogP contribution in [-0.4, -0.2) is 44.2 Å². The standard InChI is InChI=1S/C16H19N3OS2/c1-2-4-12(5-3-1)15-17-18-16-19(15)10-14(22-16)11-21-13-6-8-20-9-7-13/h1-5,13-14H,6-11H2. The van der Waals surface area contributed by atoms with Gasteiger partial charge in [-0.2, -0.15) is 11.8 Å². The predicted molar refractivity (Wildman–Crippen MR) is 91.4 cm³/mol. The van der Waals surface area contributed by atoms with Gasteiger partial charge in [-0.15, -0.1) is 10.2 Å². The van der Waals surface area contributed by atoms with E-state index in [9.17, 15) is 0 Å². The molecule has 1 aromatic carbocycles. The Morgan fingerprint density at radius 3 is 2.82 bits per heavy atom. The van der Waals surface area contributed by atoms with E-state index in [-0.39, 0.29) is 0 Å². The number of aromatic nitrogens is 3. The Morgan fingerprint density at radius 1 is 1.18 bits per heavy atom. The van der Waals surface area contributed by atoms with Crippen LogP contribution in [0.25, 0.3) is 11.4 Å². The van der Waals surface area contributed by atoms with Gasteiger partial charge in [0.1, 0.15) is 0 Å². The summed E-state index contributed by atoms with van der Waals surface area (Å²) in [6.07, 6.45) is 2.40. The zero-order valence-electron chi connectivity index (χ0n) is 12.4. The van der Waals surface area contributed by atoms with Crippen LogP contribution in [0.4, 0.5) is 0 Å². The minimum Gasteiger partial charge on any atom is -0.381 e. The smallest absolute Gasteiger partial charge is 0.191 e. The minimum absolute atomic E-state index is 0.612. The lowest BCUT2D eigenvalue weighted by atomic mass is 10.2. The molecule has 1 saturated heterocycles. The first-order valence-corrected chi connectivity index (χ1v) is 9.67. The van der Waals surface area contributed by atoms with Crippen molar-refractivity contribution in [3.63, 3.8) is 0 Å². The second-order valence-corrected chi connectivity index (χ2v) is 8.27. The first-order valence-electron chi connectivity index (χ1n) is 7.75. The van der Waals surface area contributed by atoms with Gasteiger partial charge in [0.15, 0.2) is 11.0 Å². The van der Waals surface area contributed by atoms with Gasteiger partial charge in [0.25, 0.3) is 0 Å². The Balaban J connectivity index is 1.40. The molecule has 0 bridgehead atoms. The van der Waals surface area contributed by atoms with E-state index in [1.807, 2.05) is 17.8 Å². The Labute approximate surface area is 139 Å². The maximum absolute atomic E-state index is 5.43. The number of hydrogen-bond donors (Lipinski definition) is 0. The molecule has 0 amide bonds. The van der Waals surface area contributed by atoms with Crippen molar-refractivity contribution in [2.75, 3.05) is 19.0 Å². The van der Waals surface area contributed by atoms with E-state index < -0.39 is 0 Å². The molecule has 0 saturated carbocycles. The van der Waals surface area contributed by atoms with E-state index in [1.165, 1.54) is 18.6 Å². The molecular weight excluding hydrogens is 314 g/mol. The molecular formula is C16H19N3OS2. The molecule has 2 aromatic rings. The quantitative estimate of drug-likeness (QED) is 0.858. The zero-order chi connectivity index (χ0) is 14.8. The van der Waals surface area contributed by atoms with Crippen molar-refractivity contribution in [1.82, 2.24) is 14.8 Å². The van der Waals surface area contributed by atoms with Crippen LogP contribution < -0.4 is 0 Å². The van der Waals surface area contributed by atoms with Gasteiger partial charge in [-0.1, -0.05) is 42.1 Å². The highest BCUT2D eigenvalue weighted by Gasteiger charge is 2.28. The lowest BCUT2D eigenvalue weighted by molar-refractivity contribution is 0.100. The average molecular weight is 333 g/mol. The molecule has 2 aliphatic heterocycles. The number of rotatable bonds is 4. The van der Waals surface area contributed by atoms with Crippen LogP contribution in [-0.2, 0) is 11.3 Å². The summed E-state index contributed by atoms with van der Waals surface area (Å²) in [7, 11) is 0. The third-order valence-corrected chi connectivity index (χ3v) is 7.00. The second-order valence-electron chi connectivity index (χ2n) is 5.67. The molecule has 1 fully saturated rings. The fourth-order valence-electron chi connectivity index (χ4n) is 2.90. The number of thioether (sulfide) groups is 2. The van der Waals surface area contributed by atoms with Crippen molar-refractivity contribution >= 4 is 23.5 Å². The van der Waals surface area contributed by atoms with Crippen LogP contribution in [0.15, 0.2) is 35.5 Å². The van der Waals surface area contributed by atoms with Crippen LogP contribution in [0, 0.1) is 0 Å². The molecule has 4 rings (SSSR count). The van der Waals surface area contributed by atoms with E-state index in [0.717, 1.165) is 41.6 Å². The van der Waals surface area contributed by atoms with Gasteiger partial charge >= 0.3 is 0 Å². The number of benzene rings is 1. The van der Waals surface area contributed by atoms with Gasteiger partial charge in [0.05, 0.1) is 0 Å². The lowest BCUT2D eigenvalue weighted by Crippen LogP contribution is -2.20. The van der Waals surface area contributed by atoms with E-state index in [2.05, 4.69) is 50.8 Å². The summed E-state index contributed by atoms with van der Waals surface area (Å²) in [6, 6.07) is 10.3. The Bertz CT molecular complexity index is 626. The van der Waals surface area contributed by atoms with Gasteiger partial charge in [-0.3, -0.25) is 0 Å². The average Bonchev–Trinajstić information content (AvgIpc) is 3.15. The molecule has 1 atom stereocenters. The fraction of sp³-hybridized carbons (Fsp3) is 0.500. The van der Waals surface area contributed by atoms with Crippen LogP contribution in [0.3, 0.4) is 0 Å². The minimum atomic E-state index is 0.612. The highest BCUT2D eigenvalue weighted by atomic mass is 32.2. The van der Waals surface area contributed by atoms with Crippen molar-refractivity contribution < 1.29 is 4.74 Å². The van der Waals surface area contributed by atoms with Gasteiger partial charge in [0, 0.05) is 41.6 Å². The third-order valence-electron chi connectivity index (χ3n) is 4.09. The highest BCUT2D eigenvalue weighted by molar-refractivity contribution is 8.03. The van der Waals surface area contributed by atoms with Crippen molar-refractivity contribution in [2.45, 2.75) is 35.0 Å². The fourth-order valence-corrected chi connectivity index (χ4v) is 5.43. The van der Waals surface area contributed by atoms with E-state index in [4.69, 9.17) is 4.74 Å². The number of nitrogens with zero attached hydrogens (tertiary/aromatic N) is 3. The Hall–Kier alpha value is -0.980. The summed E-state index contributed by atoms with van der Waals surface area (Å²) in [5, 5.41) is 11.2. The van der Waals surface area contributed by atoms with Crippen LogP contribution in [0.2, 0.25) is 0 Å². The van der Waals surface area contributed by atoms with Crippen LogP contribution >= 0.6 is 23.5 Å². The maximum Gasteiger partial charge on any atom is 0.191 e. The lowest BCUT2D eigenvalue weighted by Gasteiger charge is -2.22. The number of ether oxygens (including phenoxy) is 1. The summed E-state index contributed by atoms with van der Waals surface area (Å²) < 4.78 is 7.71. The monoisotopic (exact) mass is 333 g/mol. The van der Waals surface area contributed by atoms with Gasteiger partial charge in [-0.25, -0.2) is 0 Å². The summed E-state index contributed by atoms with van der Waals surface area (Å²) in [4.78, 5) is 0. The largest absolute Gasteiger partial charge is 0.381 e. The molecule has 2 aliphatic rings. The molecule has 116 valence electrons. The molecule has 1 aromatic heterocycles. The van der Waals surface area contributed by atoms with Gasteiger partial charge in [-0.05, 0) is 12.8 Å². The number of hydrogen-bond acceptors (Lipinski definition) is 5. The Kier molecular flexibility index (Phi) is 4.41. The molecule has 22 heavy (non-hydrogen) atoms. The molecule has 1 unspecified atom stereocenters. The van der Waals surface area contributed by atoms with Crippen molar-refractivity contribution in [3.05, 3.63) is 30.3 Å². The first-order chi connectivity index (χ1) is 10.9. The molecule has 4 nitrogen and oxygen atoms in total.